The average Bonchev–Trinajstić information content (AvgIpc) is 3.10. The Morgan fingerprint density at radius 3 is 2.25 bits per heavy atom. The van der Waals surface area contributed by atoms with Gasteiger partial charge < -0.3 is 10.4 Å². The monoisotopic (exact) mass is 225 g/mol. The van der Waals surface area contributed by atoms with E-state index in [1.165, 1.54) is 12.8 Å². The Hall–Kier alpha value is -1.06. The molecule has 16 heavy (non-hydrogen) atoms. The molecule has 2 rings (SSSR count). The van der Waals surface area contributed by atoms with Crippen molar-refractivity contribution in [2.75, 3.05) is 6.54 Å². The van der Waals surface area contributed by atoms with Gasteiger partial charge in [0, 0.05) is 6.54 Å². The Morgan fingerprint density at radius 1 is 1.25 bits per heavy atom. The summed E-state index contributed by atoms with van der Waals surface area (Å²) in [4.78, 5) is 22.7. The first-order chi connectivity index (χ1) is 7.55. The van der Waals surface area contributed by atoms with Gasteiger partial charge in [-0.3, -0.25) is 9.59 Å². The molecule has 0 aromatic rings. The molecule has 90 valence electrons. The van der Waals surface area contributed by atoms with Crippen molar-refractivity contribution in [3.8, 4) is 0 Å². The maximum atomic E-state index is 11.8. The van der Waals surface area contributed by atoms with Gasteiger partial charge in [0.15, 0.2) is 0 Å². The average molecular weight is 225 g/mol. The van der Waals surface area contributed by atoms with Crippen LogP contribution in [0.3, 0.4) is 0 Å². The molecule has 0 radical (unpaired) electrons. The van der Waals surface area contributed by atoms with Crippen LogP contribution in [0.5, 0.6) is 0 Å². The summed E-state index contributed by atoms with van der Waals surface area (Å²) in [6, 6.07) is 0. The van der Waals surface area contributed by atoms with Crippen molar-refractivity contribution in [2.24, 2.45) is 10.8 Å². The van der Waals surface area contributed by atoms with Gasteiger partial charge >= 0.3 is 5.97 Å². The summed E-state index contributed by atoms with van der Waals surface area (Å²) in [6.07, 6.45) is 5.58. The van der Waals surface area contributed by atoms with E-state index in [-0.39, 0.29) is 5.91 Å². The zero-order chi connectivity index (χ0) is 11.8. The van der Waals surface area contributed by atoms with Gasteiger partial charge in [0.25, 0.3) is 0 Å². The molecule has 0 aliphatic heterocycles. The van der Waals surface area contributed by atoms with Gasteiger partial charge in [-0.25, -0.2) is 0 Å². The third-order valence-electron chi connectivity index (χ3n) is 3.96. The zero-order valence-electron chi connectivity index (χ0n) is 9.71. The summed E-state index contributed by atoms with van der Waals surface area (Å²) in [5.74, 6) is -1.24. The largest absolute Gasteiger partial charge is 0.480 e. The Kier molecular flexibility index (Phi) is 2.68. The highest BCUT2D eigenvalue weighted by molar-refractivity contribution is 6.04. The molecule has 2 aliphatic rings. The maximum Gasteiger partial charge on any atom is 0.319 e. The summed E-state index contributed by atoms with van der Waals surface area (Å²) in [5, 5.41) is 11.8. The fourth-order valence-electron chi connectivity index (χ4n) is 2.32. The molecule has 0 spiro atoms. The Bertz CT molecular complexity index is 316. The summed E-state index contributed by atoms with van der Waals surface area (Å²) >= 11 is 0. The van der Waals surface area contributed by atoms with E-state index in [1.807, 2.05) is 0 Å². The summed E-state index contributed by atoms with van der Waals surface area (Å²) in [5.41, 5.74) is -0.790. The second-order valence-corrected chi connectivity index (χ2v) is 5.32. The van der Waals surface area contributed by atoms with E-state index in [4.69, 9.17) is 5.11 Å². The van der Waals surface area contributed by atoms with Crippen molar-refractivity contribution in [2.45, 2.75) is 45.4 Å². The predicted molar refractivity (Wildman–Crippen MR) is 58.9 cm³/mol. The lowest BCUT2D eigenvalue weighted by Gasteiger charge is -2.17. The highest BCUT2D eigenvalue weighted by Crippen LogP contribution is 2.50. The minimum atomic E-state index is -1.08. The van der Waals surface area contributed by atoms with E-state index < -0.39 is 11.4 Å². The molecule has 0 heterocycles. The van der Waals surface area contributed by atoms with Crippen LogP contribution in [0.4, 0.5) is 0 Å². The topological polar surface area (TPSA) is 66.4 Å². The number of carbonyl (C=O) groups is 2. The highest BCUT2D eigenvalue weighted by Gasteiger charge is 2.57. The fraction of sp³-hybridized carbons (Fsp3) is 0.833. The second kappa shape index (κ2) is 3.75. The van der Waals surface area contributed by atoms with Crippen LogP contribution in [0.15, 0.2) is 0 Å². The molecular formula is C12H19NO3. The van der Waals surface area contributed by atoms with Crippen molar-refractivity contribution in [3.63, 3.8) is 0 Å². The Morgan fingerprint density at radius 2 is 1.88 bits per heavy atom. The van der Waals surface area contributed by atoms with Crippen molar-refractivity contribution < 1.29 is 14.7 Å². The third kappa shape index (κ3) is 1.93. The van der Waals surface area contributed by atoms with Gasteiger partial charge in [-0.1, -0.05) is 13.3 Å². The van der Waals surface area contributed by atoms with Gasteiger partial charge in [0.2, 0.25) is 5.91 Å². The second-order valence-electron chi connectivity index (χ2n) is 5.32. The smallest absolute Gasteiger partial charge is 0.319 e. The molecule has 4 nitrogen and oxygen atoms in total. The van der Waals surface area contributed by atoms with Crippen LogP contribution in [0.1, 0.15) is 45.4 Å². The maximum absolute atomic E-state index is 11.8. The number of rotatable bonds is 6. The molecule has 0 aromatic heterocycles. The van der Waals surface area contributed by atoms with Crippen molar-refractivity contribution in [1.29, 1.82) is 0 Å². The molecule has 1 amide bonds. The van der Waals surface area contributed by atoms with Crippen molar-refractivity contribution >= 4 is 11.9 Å². The molecule has 2 saturated carbocycles. The number of carboxylic acids is 1. The van der Waals surface area contributed by atoms with Crippen molar-refractivity contribution in [3.05, 3.63) is 0 Å². The van der Waals surface area contributed by atoms with Crippen LogP contribution < -0.4 is 5.32 Å². The van der Waals surface area contributed by atoms with Crippen LogP contribution in [-0.4, -0.2) is 23.5 Å². The standard InChI is InChI=1S/C12H19NO3/c1-2-3-11(4-5-11)8-13-9(14)12(6-7-12)10(15)16/h2-8H2,1H3,(H,13,14)(H,15,16). The zero-order valence-corrected chi connectivity index (χ0v) is 9.71. The number of carboxylic acid groups (broad SMARTS) is 1. The van der Waals surface area contributed by atoms with Gasteiger partial charge in [0.05, 0.1) is 0 Å². The molecular weight excluding hydrogens is 206 g/mol. The molecule has 4 heteroatoms. The number of amides is 1. The highest BCUT2D eigenvalue weighted by atomic mass is 16.4. The number of hydrogen-bond donors (Lipinski definition) is 2. The number of carbonyl (C=O) groups excluding carboxylic acids is 1. The van der Waals surface area contributed by atoms with Gasteiger partial charge in [-0.2, -0.15) is 0 Å². The van der Waals surface area contributed by atoms with Crippen LogP contribution in [0.25, 0.3) is 0 Å². The molecule has 0 aromatic carbocycles. The normalized spacial score (nSPS) is 23.6. The minimum Gasteiger partial charge on any atom is -0.480 e. The van der Waals surface area contributed by atoms with E-state index >= 15 is 0 Å². The summed E-state index contributed by atoms with van der Waals surface area (Å²) < 4.78 is 0. The van der Waals surface area contributed by atoms with E-state index in [9.17, 15) is 9.59 Å². The first-order valence-electron chi connectivity index (χ1n) is 6.06. The fourth-order valence-corrected chi connectivity index (χ4v) is 2.32. The first-order valence-corrected chi connectivity index (χ1v) is 6.06. The van der Waals surface area contributed by atoms with E-state index in [0.29, 0.717) is 24.8 Å². The third-order valence-corrected chi connectivity index (χ3v) is 3.96. The van der Waals surface area contributed by atoms with E-state index in [2.05, 4.69) is 12.2 Å². The lowest BCUT2D eigenvalue weighted by molar-refractivity contribution is -0.149. The molecule has 2 fully saturated rings. The number of nitrogens with one attached hydrogen (secondary N) is 1. The molecule has 0 bridgehead atoms. The summed E-state index contributed by atoms with van der Waals surface area (Å²) in [7, 11) is 0. The molecule has 0 saturated heterocycles. The van der Waals surface area contributed by atoms with Crippen LogP contribution >= 0.6 is 0 Å². The Labute approximate surface area is 95.4 Å². The van der Waals surface area contributed by atoms with Crippen LogP contribution in [-0.2, 0) is 9.59 Å². The lowest BCUT2D eigenvalue weighted by atomic mass is 10.00. The quantitative estimate of drug-likeness (QED) is 0.674. The SMILES string of the molecule is CCCC1(CNC(=O)C2(C(=O)O)CC2)CC1. The molecule has 0 unspecified atom stereocenters. The summed E-state index contributed by atoms with van der Waals surface area (Å²) in [6.45, 7) is 2.80. The number of hydrogen-bond acceptors (Lipinski definition) is 2. The number of aliphatic carboxylic acids is 1. The van der Waals surface area contributed by atoms with Crippen molar-refractivity contribution in [1.82, 2.24) is 5.32 Å². The first kappa shape index (κ1) is 11.4. The van der Waals surface area contributed by atoms with Gasteiger partial charge in [-0.05, 0) is 37.5 Å². The van der Waals surface area contributed by atoms with Crippen LogP contribution in [0.2, 0.25) is 0 Å². The molecule has 0 atom stereocenters. The van der Waals surface area contributed by atoms with E-state index in [0.717, 1.165) is 12.8 Å². The van der Waals surface area contributed by atoms with Crippen LogP contribution in [0, 0.1) is 10.8 Å². The minimum absolute atomic E-state index is 0.276. The van der Waals surface area contributed by atoms with Gasteiger partial charge in [-0.15, -0.1) is 0 Å². The van der Waals surface area contributed by atoms with E-state index in [1.54, 1.807) is 0 Å². The lowest BCUT2D eigenvalue weighted by Crippen LogP contribution is -2.39. The Balaban J connectivity index is 1.83. The molecule has 2 aliphatic carbocycles. The van der Waals surface area contributed by atoms with Gasteiger partial charge in [0.1, 0.15) is 5.41 Å². The molecule has 2 N–H and O–H groups in total. The predicted octanol–water partition coefficient (Wildman–Crippen LogP) is 1.55.